The van der Waals surface area contributed by atoms with Crippen molar-refractivity contribution >= 4 is 18.3 Å². The Kier molecular flexibility index (Phi) is 5.06. The number of hydrogen-bond acceptors (Lipinski definition) is 5. The average Bonchev–Trinajstić information content (AvgIpc) is 2.47. The van der Waals surface area contributed by atoms with Crippen LogP contribution in [0.1, 0.15) is 0 Å². The van der Waals surface area contributed by atoms with Crippen molar-refractivity contribution < 1.29 is 4.74 Å². The van der Waals surface area contributed by atoms with E-state index >= 15 is 0 Å². The van der Waals surface area contributed by atoms with Crippen molar-refractivity contribution in [3.8, 4) is 11.6 Å². The average molecular weight is 275 g/mol. The van der Waals surface area contributed by atoms with E-state index in [4.69, 9.17) is 10.5 Å². The number of hydrogen-bond donors (Lipinski definition) is 3. The van der Waals surface area contributed by atoms with E-state index in [9.17, 15) is 0 Å². The third-order valence-corrected chi connectivity index (χ3v) is 2.99. The molecule has 1 aromatic heterocycles. The molecule has 0 bridgehead atoms. The van der Waals surface area contributed by atoms with Gasteiger partial charge in [-0.1, -0.05) is 18.2 Å². The maximum Gasteiger partial charge on any atom is 0.242 e. The molecule has 0 fully saturated rings. The number of anilines is 1. The summed E-state index contributed by atoms with van der Waals surface area (Å²) in [5.74, 6) is 1.92. The molecule has 0 aliphatic carbocycles. The minimum absolute atomic E-state index is 0.00638. The van der Waals surface area contributed by atoms with Crippen molar-refractivity contribution in [3.63, 3.8) is 0 Å². The van der Waals surface area contributed by atoms with Crippen molar-refractivity contribution in [2.45, 2.75) is 6.04 Å². The Morgan fingerprint density at radius 1 is 1.21 bits per heavy atom. The largest absolute Gasteiger partial charge is 0.437 e. The summed E-state index contributed by atoms with van der Waals surface area (Å²) in [6.45, 7) is 0.625. The van der Waals surface area contributed by atoms with E-state index in [1.165, 1.54) is 0 Å². The number of benzene rings is 1. The van der Waals surface area contributed by atoms with Crippen LogP contribution in [0.15, 0.2) is 48.7 Å². The van der Waals surface area contributed by atoms with Crippen LogP contribution < -0.4 is 15.8 Å². The maximum atomic E-state index is 5.82. The Labute approximate surface area is 118 Å². The number of ether oxygens (including phenoxy) is 1. The number of para-hydroxylation sites is 1. The van der Waals surface area contributed by atoms with Crippen molar-refractivity contribution in [1.29, 1.82) is 0 Å². The first kappa shape index (κ1) is 13.7. The van der Waals surface area contributed by atoms with Crippen LogP contribution >= 0.6 is 12.6 Å². The van der Waals surface area contributed by atoms with Crippen LogP contribution in [0.25, 0.3) is 0 Å². The minimum Gasteiger partial charge on any atom is -0.437 e. The molecule has 0 amide bonds. The number of aromatic nitrogens is 1. The topological polar surface area (TPSA) is 60.2 Å². The lowest BCUT2D eigenvalue weighted by Crippen LogP contribution is -2.30. The highest BCUT2D eigenvalue weighted by Crippen LogP contribution is 2.26. The summed E-state index contributed by atoms with van der Waals surface area (Å²) in [5.41, 5.74) is 6.65. The standard InChI is InChI=1S/C14H17N3OS/c15-11(10-19)9-17-13-7-4-8-16-14(13)18-12-5-2-1-3-6-12/h1-8,11,17,19H,9-10,15H2. The third-order valence-electron chi connectivity index (χ3n) is 2.52. The molecule has 1 unspecified atom stereocenters. The number of nitrogens with one attached hydrogen (secondary N) is 1. The Morgan fingerprint density at radius 3 is 2.74 bits per heavy atom. The molecule has 2 rings (SSSR count). The smallest absolute Gasteiger partial charge is 0.242 e. The van der Waals surface area contributed by atoms with Gasteiger partial charge in [-0.25, -0.2) is 4.98 Å². The molecule has 1 atom stereocenters. The summed E-state index contributed by atoms with van der Waals surface area (Å²) in [5, 5.41) is 3.22. The fourth-order valence-electron chi connectivity index (χ4n) is 1.51. The Morgan fingerprint density at radius 2 is 2.00 bits per heavy atom. The monoisotopic (exact) mass is 275 g/mol. The molecular formula is C14H17N3OS. The summed E-state index contributed by atoms with van der Waals surface area (Å²) in [6, 6.07) is 13.3. The van der Waals surface area contributed by atoms with Crippen LogP contribution in [-0.4, -0.2) is 23.3 Å². The molecule has 0 saturated carbocycles. The van der Waals surface area contributed by atoms with E-state index < -0.39 is 0 Å². The van der Waals surface area contributed by atoms with Gasteiger partial charge in [0.15, 0.2) is 0 Å². The molecule has 0 aliphatic heterocycles. The molecule has 100 valence electrons. The van der Waals surface area contributed by atoms with Gasteiger partial charge in [-0.05, 0) is 24.3 Å². The Bertz CT molecular complexity index is 507. The highest BCUT2D eigenvalue weighted by Gasteiger charge is 2.07. The zero-order valence-electron chi connectivity index (χ0n) is 10.5. The second-order valence-corrected chi connectivity index (χ2v) is 4.46. The van der Waals surface area contributed by atoms with E-state index in [0.717, 1.165) is 11.4 Å². The number of nitrogens with two attached hydrogens (primary N) is 1. The van der Waals surface area contributed by atoms with E-state index in [-0.39, 0.29) is 6.04 Å². The summed E-state index contributed by atoms with van der Waals surface area (Å²) in [4.78, 5) is 4.23. The molecule has 1 heterocycles. The molecule has 0 saturated heterocycles. The van der Waals surface area contributed by atoms with Gasteiger partial charge < -0.3 is 15.8 Å². The third kappa shape index (κ3) is 4.15. The summed E-state index contributed by atoms with van der Waals surface area (Å²) < 4.78 is 5.74. The van der Waals surface area contributed by atoms with Crippen LogP contribution in [0.2, 0.25) is 0 Å². The van der Waals surface area contributed by atoms with Crippen LogP contribution in [0, 0.1) is 0 Å². The maximum absolute atomic E-state index is 5.82. The molecule has 3 N–H and O–H groups in total. The molecule has 4 nitrogen and oxygen atoms in total. The van der Waals surface area contributed by atoms with Gasteiger partial charge >= 0.3 is 0 Å². The van der Waals surface area contributed by atoms with Gasteiger partial charge in [0.2, 0.25) is 5.88 Å². The second-order valence-electron chi connectivity index (χ2n) is 4.09. The van der Waals surface area contributed by atoms with Gasteiger partial charge in [-0.2, -0.15) is 12.6 Å². The summed E-state index contributed by atoms with van der Waals surface area (Å²) in [6.07, 6.45) is 1.70. The molecule has 0 spiro atoms. The van der Waals surface area contributed by atoms with E-state index in [0.29, 0.717) is 18.2 Å². The SMILES string of the molecule is NC(CS)CNc1cccnc1Oc1ccccc1. The summed E-state index contributed by atoms with van der Waals surface area (Å²) in [7, 11) is 0. The molecule has 1 aromatic carbocycles. The van der Waals surface area contributed by atoms with Gasteiger partial charge in [0.05, 0.1) is 5.69 Å². The Hall–Kier alpha value is -1.72. The van der Waals surface area contributed by atoms with Gasteiger partial charge in [-0.15, -0.1) is 0 Å². The lowest BCUT2D eigenvalue weighted by molar-refractivity contribution is 0.464. The van der Waals surface area contributed by atoms with Gasteiger partial charge in [0.25, 0.3) is 0 Å². The van der Waals surface area contributed by atoms with Gasteiger partial charge in [-0.3, -0.25) is 0 Å². The predicted molar refractivity (Wildman–Crippen MR) is 81.1 cm³/mol. The minimum atomic E-state index is -0.00638. The Balaban J connectivity index is 2.08. The second kappa shape index (κ2) is 7.01. The van der Waals surface area contributed by atoms with Gasteiger partial charge in [0.1, 0.15) is 5.75 Å². The molecule has 2 aromatic rings. The van der Waals surface area contributed by atoms with Crippen molar-refractivity contribution in [3.05, 3.63) is 48.7 Å². The zero-order chi connectivity index (χ0) is 13.5. The van der Waals surface area contributed by atoms with Gasteiger partial charge in [0, 0.05) is 24.5 Å². The number of nitrogens with zero attached hydrogens (tertiary/aromatic N) is 1. The lowest BCUT2D eigenvalue weighted by atomic mass is 10.3. The lowest BCUT2D eigenvalue weighted by Gasteiger charge is -2.14. The molecule has 5 heteroatoms. The number of rotatable bonds is 6. The van der Waals surface area contributed by atoms with Crippen LogP contribution in [0.5, 0.6) is 11.6 Å². The first-order chi connectivity index (χ1) is 9.29. The van der Waals surface area contributed by atoms with Crippen molar-refractivity contribution in [1.82, 2.24) is 4.98 Å². The number of thiol groups is 1. The first-order valence-electron chi connectivity index (χ1n) is 6.08. The molecule has 19 heavy (non-hydrogen) atoms. The highest BCUT2D eigenvalue weighted by atomic mass is 32.1. The predicted octanol–water partition coefficient (Wildman–Crippen LogP) is 2.54. The van der Waals surface area contributed by atoms with Crippen molar-refractivity contribution in [2.75, 3.05) is 17.6 Å². The quantitative estimate of drug-likeness (QED) is 0.709. The first-order valence-corrected chi connectivity index (χ1v) is 6.71. The fourth-order valence-corrected chi connectivity index (χ4v) is 1.64. The fraction of sp³-hybridized carbons (Fsp3) is 0.214. The van der Waals surface area contributed by atoms with E-state index in [2.05, 4.69) is 22.9 Å². The van der Waals surface area contributed by atoms with Crippen LogP contribution in [0.4, 0.5) is 5.69 Å². The normalized spacial score (nSPS) is 11.9. The molecule has 0 aliphatic rings. The van der Waals surface area contributed by atoms with Crippen LogP contribution in [0.3, 0.4) is 0 Å². The van der Waals surface area contributed by atoms with E-state index in [1.807, 2.05) is 42.5 Å². The molecule has 0 radical (unpaired) electrons. The van der Waals surface area contributed by atoms with Crippen molar-refractivity contribution in [2.24, 2.45) is 5.73 Å². The molecular weight excluding hydrogens is 258 g/mol. The zero-order valence-corrected chi connectivity index (χ0v) is 11.4. The number of pyridine rings is 1. The van der Waals surface area contributed by atoms with E-state index in [1.54, 1.807) is 6.20 Å². The summed E-state index contributed by atoms with van der Waals surface area (Å²) >= 11 is 4.16. The highest BCUT2D eigenvalue weighted by molar-refractivity contribution is 7.80. The van der Waals surface area contributed by atoms with Crippen LogP contribution in [-0.2, 0) is 0 Å².